The standard InChI is InChI=1S/C29H48N4O2/c1-7-9-11-13-18-33(19-14-12-10-8-2)21-24-20-27(32-35-24)30-29(34)31-28-25(22(3)4)16-15-17-26(28)23(5)6/h15-17,20,22-23H,7-14,18-19,21H2,1-6H3,(H2,30,31,32,34). The molecule has 6 heteroatoms. The molecule has 2 aromatic rings. The first-order valence-corrected chi connectivity index (χ1v) is 13.7. The normalized spacial score (nSPS) is 11.6. The average molecular weight is 485 g/mol. The molecule has 0 saturated heterocycles. The summed E-state index contributed by atoms with van der Waals surface area (Å²) in [6.07, 6.45) is 10.0. The number of amides is 2. The van der Waals surface area contributed by atoms with E-state index >= 15 is 0 Å². The Balaban J connectivity index is 2.00. The second-order valence-corrected chi connectivity index (χ2v) is 10.3. The van der Waals surface area contributed by atoms with Gasteiger partial charge in [-0.05, 0) is 48.9 Å². The maximum atomic E-state index is 12.9. The van der Waals surface area contributed by atoms with Gasteiger partial charge >= 0.3 is 6.03 Å². The molecule has 1 aromatic carbocycles. The second kappa shape index (κ2) is 15.6. The van der Waals surface area contributed by atoms with Crippen LogP contribution < -0.4 is 10.6 Å². The molecule has 6 nitrogen and oxygen atoms in total. The van der Waals surface area contributed by atoms with Gasteiger partial charge in [0.25, 0.3) is 0 Å². The molecule has 196 valence electrons. The third-order valence-electron chi connectivity index (χ3n) is 6.45. The summed E-state index contributed by atoms with van der Waals surface area (Å²) in [5.41, 5.74) is 3.16. The highest BCUT2D eigenvalue weighted by Crippen LogP contribution is 2.32. The molecule has 2 N–H and O–H groups in total. The zero-order valence-electron chi connectivity index (χ0n) is 23.0. The number of urea groups is 1. The Kier molecular flexibility index (Phi) is 12.9. The van der Waals surface area contributed by atoms with E-state index in [1.807, 2.05) is 6.07 Å². The minimum atomic E-state index is -0.296. The van der Waals surface area contributed by atoms with Crippen molar-refractivity contribution in [3.63, 3.8) is 0 Å². The third-order valence-corrected chi connectivity index (χ3v) is 6.45. The Morgan fingerprint density at radius 1 is 0.886 bits per heavy atom. The number of nitrogens with zero attached hydrogens (tertiary/aromatic N) is 2. The number of carbonyl (C=O) groups is 1. The highest BCUT2D eigenvalue weighted by Gasteiger charge is 2.17. The van der Waals surface area contributed by atoms with Crippen LogP contribution in [-0.2, 0) is 6.54 Å². The van der Waals surface area contributed by atoms with E-state index in [4.69, 9.17) is 4.52 Å². The van der Waals surface area contributed by atoms with Gasteiger partial charge in [0.05, 0.1) is 6.54 Å². The van der Waals surface area contributed by atoms with Gasteiger partial charge in [0.15, 0.2) is 11.6 Å². The van der Waals surface area contributed by atoms with Crippen molar-refractivity contribution in [2.45, 2.75) is 111 Å². The summed E-state index contributed by atoms with van der Waals surface area (Å²) in [6.45, 7) is 15.9. The lowest BCUT2D eigenvalue weighted by atomic mass is 9.93. The third kappa shape index (κ3) is 10.0. The van der Waals surface area contributed by atoms with Crippen molar-refractivity contribution in [1.82, 2.24) is 10.1 Å². The molecule has 0 saturated carbocycles. The largest absolute Gasteiger partial charge is 0.358 e. The zero-order valence-corrected chi connectivity index (χ0v) is 23.0. The van der Waals surface area contributed by atoms with Gasteiger partial charge in [-0.25, -0.2) is 4.79 Å². The monoisotopic (exact) mass is 484 g/mol. The quantitative estimate of drug-likeness (QED) is 0.234. The molecule has 0 radical (unpaired) electrons. The lowest BCUT2D eigenvalue weighted by Gasteiger charge is -2.20. The van der Waals surface area contributed by atoms with Crippen molar-refractivity contribution >= 4 is 17.5 Å². The maximum Gasteiger partial charge on any atom is 0.324 e. The van der Waals surface area contributed by atoms with Gasteiger partial charge in [0.1, 0.15) is 0 Å². The molecule has 0 bridgehead atoms. The number of benzene rings is 1. The SMILES string of the molecule is CCCCCCN(CCCCCC)Cc1cc(NC(=O)Nc2c(C(C)C)cccc2C(C)C)no1. The smallest absolute Gasteiger partial charge is 0.324 e. The molecule has 0 aliphatic carbocycles. The van der Waals surface area contributed by atoms with Crippen molar-refractivity contribution < 1.29 is 9.32 Å². The first-order valence-electron chi connectivity index (χ1n) is 13.7. The second-order valence-electron chi connectivity index (χ2n) is 10.3. The van der Waals surface area contributed by atoms with Crippen LogP contribution in [0.3, 0.4) is 0 Å². The predicted octanol–water partition coefficient (Wildman–Crippen LogP) is 8.53. The molecule has 0 unspecified atom stereocenters. The van der Waals surface area contributed by atoms with Crippen LogP contribution in [0.5, 0.6) is 0 Å². The number of hydrogen-bond donors (Lipinski definition) is 2. The average Bonchev–Trinajstić information content (AvgIpc) is 3.25. The molecule has 35 heavy (non-hydrogen) atoms. The Morgan fingerprint density at radius 3 is 1.97 bits per heavy atom. The molecule has 0 aliphatic rings. The summed E-state index contributed by atoms with van der Waals surface area (Å²) in [6, 6.07) is 7.78. The van der Waals surface area contributed by atoms with Crippen LogP contribution in [0.1, 0.15) is 122 Å². The van der Waals surface area contributed by atoms with Crippen LogP contribution in [0, 0.1) is 0 Å². The summed E-state index contributed by atoms with van der Waals surface area (Å²) in [5.74, 6) is 1.85. The first kappa shape index (κ1) is 28.9. The van der Waals surface area contributed by atoms with Gasteiger partial charge in [-0.1, -0.05) is 103 Å². The zero-order chi connectivity index (χ0) is 25.6. The first-order chi connectivity index (χ1) is 16.8. The van der Waals surface area contributed by atoms with E-state index in [0.29, 0.717) is 17.7 Å². The van der Waals surface area contributed by atoms with Gasteiger partial charge in [-0.15, -0.1) is 0 Å². The number of nitrogens with one attached hydrogen (secondary N) is 2. The van der Waals surface area contributed by atoms with Crippen molar-refractivity contribution in [2.75, 3.05) is 23.7 Å². The Hall–Kier alpha value is -2.34. The molecular formula is C29H48N4O2. The maximum absolute atomic E-state index is 12.9. The number of aromatic nitrogens is 1. The Morgan fingerprint density at radius 2 is 1.46 bits per heavy atom. The van der Waals surface area contributed by atoms with Crippen LogP contribution >= 0.6 is 0 Å². The van der Waals surface area contributed by atoms with E-state index in [2.05, 4.69) is 80.4 Å². The topological polar surface area (TPSA) is 70.4 Å². The molecule has 0 aliphatic heterocycles. The molecule has 2 amide bonds. The fraction of sp³-hybridized carbons (Fsp3) is 0.655. The Bertz CT molecular complexity index is 837. The summed E-state index contributed by atoms with van der Waals surface area (Å²) < 4.78 is 5.59. The number of para-hydroxylation sites is 1. The van der Waals surface area contributed by atoms with Crippen molar-refractivity contribution in [2.24, 2.45) is 0 Å². The number of rotatable bonds is 16. The van der Waals surface area contributed by atoms with E-state index in [1.165, 1.54) is 51.4 Å². The minimum absolute atomic E-state index is 0.296. The summed E-state index contributed by atoms with van der Waals surface area (Å²) >= 11 is 0. The van der Waals surface area contributed by atoms with Gasteiger partial charge in [-0.3, -0.25) is 10.2 Å². The van der Waals surface area contributed by atoms with Crippen LogP contribution in [0.15, 0.2) is 28.8 Å². The van der Waals surface area contributed by atoms with Crippen LogP contribution in [0.25, 0.3) is 0 Å². The fourth-order valence-electron chi connectivity index (χ4n) is 4.42. The molecule has 0 fully saturated rings. The lowest BCUT2D eigenvalue weighted by molar-refractivity contribution is 0.222. The minimum Gasteiger partial charge on any atom is -0.358 e. The molecule has 0 spiro atoms. The summed E-state index contributed by atoms with van der Waals surface area (Å²) in [4.78, 5) is 15.3. The van der Waals surface area contributed by atoms with E-state index in [0.717, 1.165) is 42.2 Å². The predicted molar refractivity (Wildman–Crippen MR) is 147 cm³/mol. The Labute approximate surface area is 213 Å². The molecule has 1 aromatic heterocycles. The van der Waals surface area contributed by atoms with Gasteiger partial charge < -0.3 is 9.84 Å². The van der Waals surface area contributed by atoms with Gasteiger partial charge in [0.2, 0.25) is 0 Å². The van der Waals surface area contributed by atoms with Gasteiger partial charge in [-0.2, -0.15) is 0 Å². The van der Waals surface area contributed by atoms with E-state index < -0.39 is 0 Å². The van der Waals surface area contributed by atoms with Crippen LogP contribution in [-0.4, -0.2) is 29.2 Å². The number of unbranched alkanes of at least 4 members (excludes halogenated alkanes) is 6. The molecule has 1 heterocycles. The van der Waals surface area contributed by atoms with Crippen molar-refractivity contribution in [1.29, 1.82) is 0 Å². The van der Waals surface area contributed by atoms with E-state index in [1.54, 1.807) is 0 Å². The van der Waals surface area contributed by atoms with E-state index in [-0.39, 0.29) is 6.03 Å². The van der Waals surface area contributed by atoms with Crippen LogP contribution in [0.2, 0.25) is 0 Å². The van der Waals surface area contributed by atoms with Crippen molar-refractivity contribution in [3.05, 3.63) is 41.2 Å². The summed E-state index contributed by atoms with van der Waals surface area (Å²) in [5, 5.41) is 10.1. The summed E-state index contributed by atoms with van der Waals surface area (Å²) in [7, 11) is 0. The number of hydrogen-bond acceptors (Lipinski definition) is 4. The molecule has 0 atom stereocenters. The lowest BCUT2D eigenvalue weighted by Crippen LogP contribution is -2.25. The highest BCUT2D eigenvalue weighted by atomic mass is 16.5. The van der Waals surface area contributed by atoms with E-state index in [9.17, 15) is 4.79 Å². The van der Waals surface area contributed by atoms with Gasteiger partial charge in [0, 0.05) is 11.8 Å². The molecular weight excluding hydrogens is 436 g/mol. The highest BCUT2D eigenvalue weighted by molar-refractivity contribution is 6.00. The molecule has 2 rings (SSSR count). The fourth-order valence-corrected chi connectivity index (χ4v) is 4.42. The van der Waals surface area contributed by atoms with Crippen LogP contribution in [0.4, 0.5) is 16.3 Å². The number of anilines is 2. The number of carbonyl (C=O) groups excluding carboxylic acids is 1. The van der Waals surface area contributed by atoms with Crippen molar-refractivity contribution in [3.8, 4) is 0 Å².